The van der Waals surface area contributed by atoms with Crippen molar-refractivity contribution < 1.29 is 9.72 Å². The molecule has 2 rings (SSSR count). The largest absolute Gasteiger partial charge is 0.321 e. The van der Waals surface area contributed by atoms with E-state index < -0.39 is 10.8 Å². The number of nitrogens with one attached hydrogen (secondary N) is 1. The van der Waals surface area contributed by atoms with E-state index in [0.717, 1.165) is 0 Å². The molecule has 0 aliphatic heterocycles. The third-order valence-electron chi connectivity index (χ3n) is 2.86. The van der Waals surface area contributed by atoms with Crippen LogP contribution >= 0.6 is 11.6 Å². The van der Waals surface area contributed by atoms with Crippen molar-refractivity contribution in [3.05, 3.63) is 74.8 Å². The smallest absolute Gasteiger partial charge is 0.269 e. The number of carbonyl (C=O) groups excluding carboxylic acids is 1. The van der Waals surface area contributed by atoms with Gasteiger partial charge in [-0.1, -0.05) is 23.7 Å². The van der Waals surface area contributed by atoms with Crippen LogP contribution < -0.4 is 5.32 Å². The van der Waals surface area contributed by atoms with Crippen molar-refractivity contribution in [3.8, 4) is 6.07 Å². The van der Waals surface area contributed by atoms with E-state index in [-0.39, 0.29) is 11.3 Å². The fraction of sp³-hybridized carbons (Fsp3) is 0. The highest BCUT2D eigenvalue weighted by atomic mass is 35.5. The highest BCUT2D eigenvalue weighted by Crippen LogP contribution is 2.17. The number of non-ortho nitro benzene ring substituents is 1. The number of amides is 1. The monoisotopic (exact) mass is 327 g/mol. The van der Waals surface area contributed by atoms with E-state index in [0.29, 0.717) is 16.3 Å². The van der Waals surface area contributed by atoms with Crippen LogP contribution in [0.15, 0.2) is 54.1 Å². The van der Waals surface area contributed by atoms with Crippen molar-refractivity contribution in [1.29, 1.82) is 5.26 Å². The SMILES string of the molecule is N#C/C(=C\c1cccc(Cl)c1)C(=O)Nc1ccc([N+](=O)[O-])cc1. The molecule has 2 aromatic rings. The standard InChI is InChI=1S/C16H10ClN3O3/c17-13-3-1-2-11(9-13)8-12(10-18)16(21)19-14-4-6-15(7-5-14)20(22)23/h1-9H,(H,19,21)/b12-8+. The molecule has 114 valence electrons. The molecule has 0 saturated heterocycles. The average Bonchev–Trinajstić information content (AvgIpc) is 2.53. The molecule has 2 aromatic carbocycles. The van der Waals surface area contributed by atoms with Crippen LogP contribution in [-0.2, 0) is 4.79 Å². The van der Waals surface area contributed by atoms with Crippen molar-refractivity contribution in [1.82, 2.24) is 0 Å². The van der Waals surface area contributed by atoms with Gasteiger partial charge in [-0.25, -0.2) is 0 Å². The molecule has 1 amide bonds. The van der Waals surface area contributed by atoms with E-state index in [1.165, 1.54) is 30.3 Å². The van der Waals surface area contributed by atoms with E-state index in [1.54, 1.807) is 24.3 Å². The summed E-state index contributed by atoms with van der Waals surface area (Å²) >= 11 is 5.85. The van der Waals surface area contributed by atoms with Crippen LogP contribution in [0.3, 0.4) is 0 Å². The van der Waals surface area contributed by atoms with Crippen molar-refractivity contribution in [3.63, 3.8) is 0 Å². The first-order chi connectivity index (χ1) is 11.0. The highest BCUT2D eigenvalue weighted by Gasteiger charge is 2.11. The number of rotatable bonds is 4. The summed E-state index contributed by atoms with van der Waals surface area (Å²) in [6.07, 6.45) is 1.41. The van der Waals surface area contributed by atoms with Crippen LogP contribution in [0.4, 0.5) is 11.4 Å². The minimum Gasteiger partial charge on any atom is -0.321 e. The molecule has 0 radical (unpaired) electrons. The molecule has 0 fully saturated rings. The number of nitro benzene ring substituents is 1. The zero-order valence-corrected chi connectivity index (χ0v) is 12.4. The van der Waals surface area contributed by atoms with Crippen LogP contribution in [0.5, 0.6) is 0 Å². The molecule has 0 bridgehead atoms. The number of nitrogens with zero attached hydrogens (tertiary/aromatic N) is 2. The molecule has 0 saturated carbocycles. The molecule has 0 aliphatic rings. The highest BCUT2D eigenvalue weighted by molar-refractivity contribution is 6.30. The fourth-order valence-electron chi connectivity index (χ4n) is 1.78. The normalized spacial score (nSPS) is 10.7. The molecule has 0 atom stereocenters. The maximum Gasteiger partial charge on any atom is 0.269 e. The second-order valence-electron chi connectivity index (χ2n) is 4.48. The minimum atomic E-state index is -0.610. The summed E-state index contributed by atoms with van der Waals surface area (Å²) in [5.74, 6) is -0.610. The number of nitriles is 1. The fourth-order valence-corrected chi connectivity index (χ4v) is 1.98. The summed E-state index contributed by atoms with van der Waals surface area (Å²) in [5, 5.41) is 22.7. The van der Waals surface area contributed by atoms with Gasteiger partial charge in [0.25, 0.3) is 11.6 Å². The lowest BCUT2D eigenvalue weighted by atomic mass is 10.1. The first-order valence-electron chi connectivity index (χ1n) is 6.43. The summed E-state index contributed by atoms with van der Waals surface area (Å²) in [7, 11) is 0. The molecular formula is C16H10ClN3O3. The van der Waals surface area contributed by atoms with Gasteiger partial charge in [0.2, 0.25) is 0 Å². The lowest BCUT2D eigenvalue weighted by Crippen LogP contribution is -2.13. The topological polar surface area (TPSA) is 96.0 Å². The van der Waals surface area contributed by atoms with Gasteiger partial charge in [0.05, 0.1) is 4.92 Å². The molecule has 0 heterocycles. The second kappa shape index (κ2) is 7.20. The molecule has 0 aromatic heterocycles. The lowest BCUT2D eigenvalue weighted by Gasteiger charge is -2.04. The Morgan fingerprint density at radius 3 is 2.52 bits per heavy atom. The predicted molar refractivity (Wildman–Crippen MR) is 86.8 cm³/mol. The summed E-state index contributed by atoms with van der Waals surface area (Å²) in [6, 6.07) is 13.9. The third kappa shape index (κ3) is 4.40. The minimum absolute atomic E-state index is 0.0852. The summed E-state index contributed by atoms with van der Waals surface area (Å²) < 4.78 is 0. The Labute approximate surface area is 136 Å². The van der Waals surface area contributed by atoms with Gasteiger partial charge in [-0.3, -0.25) is 14.9 Å². The Hall–Kier alpha value is -3.17. The van der Waals surface area contributed by atoms with Crippen molar-refractivity contribution in [2.45, 2.75) is 0 Å². The summed E-state index contributed by atoms with van der Waals surface area (Å²) in [4.78, 5) is 22.1. The van der Waals surface area contributed by atoms with E-state index in [1.807, 2.05) is 6.07 Å². The van der Waals surface area contributed by atoms with Gasteiger partial charge in [0.15, 0.2) is 0 Å². The van der Waals surface area contributed by atoms with Gasteiger partial charge in [0, 0.05) is 22.8 Å². The number of benzene rings is 2. The Morgan fingerprint density at radius 1 is 1.26 bits per heavy atom. The van der Waals surface area contributed by atoms with Gasteiger partial charge >= 0.3 is 0 Å². The van der Waals surface area contributed by atoms with E-state index in [2.05, 4.69) is 5.32 Å². The molecule has 23 heavy (non-hydrogen) atoms. The number of nitro groups is 1. The van der Waals surface area contributed by atoms with Gasteiger partial charge < -0.3 is 5.32 Å². The Bertz CT molecular complexity index is 823. The molecule has 0 unspecified atom stereocenters. The second-order valence-corrected chi connectivity index (χ2v) is 4.92. The van der Waals surface area contributed by atoms with Crippen molar-refractivity contribution in [2.24, 2.45) is 0 Å². The van der Waals surface area contributed by atoms with E-state index in [9.17, 15) is 14.9 Å². The van der Waals surface area contributed by atoms with E-state index >= 15 is 0 Å². The number of hydrogen-bond acceptors (Lipinski definition) is 4. The van der Waals surface area contributed by atoms with Crippen LogP contribution in [0.1, 0.15) is 5.56 Å². The van der Waals surface area contributed by atoms with Crippen molar-refractivity contribution >= 4 is 35.0 Å². The zero-order valence-electron chi connectivity index (χ0n) is 11.7. The van der Waals surface area contributed by atoms with Gasteiger partial charge in [-0.2, -0.15) is 5.26 Å². The van der Waals surface area contributed by atoms with E-state index in [4.69, 9.17) is 16.9 Å². The van der Waals surface area contributed by atoms with Crippen molar-refractivity contribution in [2.75, 3.05) is 5.32 Å². The Kier molecular flexibility index (Phi) is 5.07. The van der Waals surface area contributed by atoms with Gasteiger partial charge in [-0.15, -0.1) is 0 Å². The number of carbonyl (C=O) groups is 1. The molecule has 7 heteroatoms. The first-order valence-corrected chi connectivity index (χ1v) is 6.80. The van der Waals surface area contributed by atoms with Crippen LogP contribution in [0.2, 0.25) is 5.02 Å². The molecule has 6 nitrogen and oxygen atoms in total. The van der Waals surface area contributed by atoms with Gasteiger partial charge in [0.1, 0.15) is 11.6 Å². The molecule has 1 N–H and O–H groups in total. The lowest BCUT2D eigenvalue weighted by molar-refractivity contribution is -0.384. The number of anilines is 1. The quantitative estimate of drug-likeness (QED) is 0.400. The first kappa shape index (κ1) is 16.2. The maximum atomic E-state index is 12.1. The molecule has 0 aliphatic carbocycles. The maximum absolute atomic E-state index is 12.1. The van der Waals surface area contributed by atoms with Crippen LogP contribution in [0.25, 0.3) is 6.08 Å². The Morgan fingerprint density at radius 2 is 1.96 bits per heavy atom. The van der Waals surface area contributed by atoms with Crippen LogP contribution in [-0.4, -0.2) is 10.8 Å². The molecule has 0 spiro atoms. The summed E-state index contributed by atoms with van der Waals surface area (Å²) in [5.41, 5.74) is 0.782. The number of halogens is 1. The predicted octanol–water partition coefficient (Wildman–Crippen LogP) is 3.79. The molecular weight excluding hydrogens is 318 g/mol. The Balaban J connectivity index is 2.17. The third-order valence-corrected chi connectivity index (χ3v) is 3.10. The average molecular weight is 328 g/mol. The number of hydrogen-bond donors (Lipinski definition) is 1. The summed E-state index contributed by atoms with van der Waals surface area (Å²) in [6.45, 7) is 0. The van der Waals surface area contributed by atoms with Crippen LogP contribution in [0, 0.1) is 21.4 Å². The zero-order chi connectivity index (χ0) is 16.8. The van der Waals surface area contributed by atoms with Gasteiger partial charge in [-0.05, 0) is 35.9 Å².